The number of hydrogen-bond acceptors (Lipinski definition) is 5. The molecule has 34 heavy (non-hydrogen) atoms. The van der Waals surface area contributed by atoms with Gasteiger partial charge in [-0.2, -0.15) is 0 Å². The van der Waals surface area contributed by atoms with Gasteiger partial charge in [-0.1, -0.05) is 59.6 Å². The zero-order valence-corrected chi connectivity index (χ0v) is 22.1. The summed E-state index contributed by atoms with van der Waals surface area (Å²) >= 11 is 19.9. The number of benzene rings is 2. The lowest BCUT2D eigenvalue weighted by Crippen LogP contribution is -2.49. The molecule has 0 spiro atoms. The van der Waals surface area contributed by atoms with Crippen LogP contribution in [0.2, 0.25) is 10.0 Å². The fourth-order valence-electron chi connectivity index (χ4n) is 4.07. The Morgan fingerprint density at radius 1 is 1.06 bits per heavy atom. The summed E-state index contributed by atoms with van der Waals surface area (Å²) < 4.78 is 5.11. The number of methoxy groups -OCH3 is 1. The van der Waals surface area contributed by atoms with E-state index in [2.05, 4.69) is 15.1 Å². The fourth-order valence-corrected chi connectivity index (χ4v) is 6.00. The average Bonchev–Trinajstić information content (AvgIpc) is 3.17. The van der Waals surface area contributed by atoms with Crippen LogP contribution in [-0.4, -0.2) is 54.2 Å². The van der Waals surface area contributed by atoms with Crippen LogP contribution in [0.5, 0.6) is 0 Å². The number of nitrogens with one attached hydrogen (secondary N) is 1. The Morgan fingerprint density at radius 3 is 2.32 bits per heavy atom. The molecule has 1 aliphatic rings. The highest BCUT2D eigenvalue weighted by Crippen LogP contribution is 2.40. The van der Waals surface area contributed by atoms with E-state index in [9.17, 15) is 4.79 Å². The van der Waals surface area contributed by atoms with Crippen LogP contribution in [0.1, 0.15) is 20.8 Å². The highest BCUT2D eigenvalue weighted by atomic mass is 35.5. The average molecular weight is 535 g/mol. The molecule has 1 aromatic heterocycles. The zero-order valence-electron chi connectivity index (χ0n) is 18.9. The minimum atomic E-state index is -0.380. The van der Waals surface area contributed by atoms with Gasteiger partial charge in [0.25, 0.3) is 0 Å². The van der Waals surface area contributed by atoms with Crippen LogP contribution in [0.3, 0.4) is 0 Å². The lowest BCUT2D eigenvalue weighted by molar-refractivity contribution is 0.0603. The molecule has 1 N–H and O–H groups in total. The number of carbonyl (C=O) groups is 1. The molecule has 1 saturated heterocycles. The van der Waals surface area contributed by atoms with Crippen LogP contribution in [0.25, 0.3) is 11.1 Å². The van der Waals surface area contributed by atoms with E-state index < -0.39 is 0 Å². The molecule has 0 aliphatic carbocycles. The lowest BCUT2D eigenvalue weighted by atomic mass is 10.0. The zero-order chi connectivity index (χ0) is 24.2. The third kappa shape index (κ3) is 5.39. The molecule has 0 atom stereocenters. The van der Waals surface area contributed by atoms with E-state index in [1.807, 2.05) is 55.5 Å². The molecule has 5 nitrogen and oxygen atoms in total. The standard InChI is InChI=1S/C25H25Cl2N3O2S2/c1-16-21(17-7-4-3-5-8-17)22(24(31)32-2)23(34-16)28-25(33)30-13-11-29(12-14-30)15-18-19(26)9-6-10-20(18)27/h3-10H,11-15H2,1-2H3,(H,28,33). The number of piperazine rings is 1. The number of carbonyl (C=O) groups excluding carboxylic acids is 1. The first kappa shape index (κ1) is 24.9. The molecule has 178 valence electrons. The van der Waals surface area contributed by atoms with Crippen LogP contribution >= 0.6 is 46.8 Å². The molecule has 1 aliphatic heterocycles. The maximum atomic E-state index is 12.7. The molecule has 2 aromatic carbocycles. The predicted molar refractivity (Wildman–Crippen MR) is 145 cm³/mol. The van der Waals surface area contributed by atoms with Crippen molar-refractivity contribution in [2.75, 3.05) is 38.6 Å². The Morgan fingerprint density at radius 2 is 1.71 bits per heavy atom. The van der Waals surface area contributed by atoms with Gasteiger partial charge in [-0.15, -0.1) is 11.3 Å². The number of anilines is 1. The van der Waals surface area contributed by atoms with Crippen LogP contribution in [-0.2, 0) is 11.3 Å². The topological polar surface area (TPSA) is 44.8 Å². The number of rotatable bonds is 5. The molecule has 4 rings (SSSR count). The summed E-state index contributed by atoms with van der Waals surface area (Å²) in [5.41, 5.74) is 3.32. The number of esters is 1. The maximum Gasteiger partial charge on any atom is 0.341 e. The summed E-state index contributed by atoms with van der Waals surface area (Å²) in [4.78, 5) is 18.2. The smallest absolute Gasteiger partial charge is 0.341 e. The van der Waals surface area contributed by atoms with Crippen molar-refractivity contribution >= 4 is 62.8 Å². The van der Waals surface area contributed by atoms with Crippen LogP contribution in [0.4, 0.5) is 5.00 Å². The number of aryl methyl sites for hydroxylation is 1. The molecule has 1 fully saturated rings. The van der Waals surface area contributed by atoms with Crippen molar-refractivity contribution in [2.24, 2.45) is 0 Å². The van der Waals surface area contributed by atoms with Crippen molar-refractivity contribution in [3.63, 3.8) is 0 Å². The van der Waals surface area contributed by atoms with Gasteiger partial charge in [-0.25, -0.2) is 4.79 Å². The monoisotopic (exact) mass is 533 g/mol. The summed E-state index contributed by atoms with van der Waals surface area (Å²) in [7, 11) is 1.40. The molecular weight excluding hydrogens is 509 g/mol. The van der Waals surface area contributed by atoms with Crippen LogP contribution < -0.4 is 5.32 Å². The van der Waals surface area contributed by atoms with Crippen molar-refractivity contribution in [1.29, 1.82) is 0 Å². The second-order valence-corrected chi connectivity index (χ2v) is 10.4. The normalized spacial score (nSPS) is 14.2. The first-order valence-corrected chi connectivity index (χ1v) is 12.9. The molecule has 0 radical (unpaired) electrons. The predicted octanol–water partition coefficient (Wildman–Crippen LogP) is 6.33. The summed E-state index contributed by atoms with van der Waals surface area (Å²) in [6, 6.07) is 15.4. The van der Waals surface area contributed by atoms with Crippen molar-refractivity contribution in [3.05, 3.63) is 74.6 Å². The number of thiocarbonyl (C=S) groups is 1. The summed E-state index contributed by atoms with van der Waals surface area (Å²) in [6.07, 6.45) is 0. The Bertz CT molecular complexity index is 1170. The largest absolute Gasteiger partial charge is 0.465 e. The van der Waals surface area contributed by atoms with Gasteiger partial charge < -0.3 is 15.0 Å². The van der Waals surface area contributed by atoms with E-state index >= 15 is 0 Å². The first-order valence-electron chi connectivity index (χ1n) is 10.9. The fraction of sp³-hybridized carbons (Fsp3) is 0.280. The highest BCUT2D eigenvalue weighted by Gasteiger charge is 2.26. The minimum absolute atomic E-state index is 0.380. The molecule has 2 heterocycles. The molecule has 9 heteroatoms. The molecule has 0 unspecified atom stereocenters. The van der Waals surface area contributed by atoms with Gasteiger partial charge in [-0.05, 0) is 36.8 Å². The molecular formula is C25H25Cl2N3O2S2. The Balaban J connectivity index is 1.46. The van der Waals surface area contributed by atoms with Gasteiger partial charge in [0.15, 0.2) is 5.11 Å². The summed E-state index contributed by atoms with van der Waals surface area (Å²) in [5.74, 6) is -0.380. The molecule has 0 amide bonds. The van der Waals surface area contributed by atoms with E-state index in [-0.39, 0.29) is 5.97 Å². The van der Waals surface area contributed by atoms with E-state index in [0.29, 0.717) is 32.3 Å². The van der Waals surface area contributed by atoms with Crippen molar-refractivity contribution in [1.82, 2.24) is 9.80 Å². The number of nitrogens with zero attached hydrogens (tertiary/aromatic N) is 2. The van der Waals surface area contributed by atoms with Gasteiger partial charge in [0.05, 0.1) is 7.11 Å². The molecule has 3 aromatic rings. The SMILES string of the molecule is COC(=O)c1c(NC(=S)N2CCN(Cc3c(Cl)cccc3Cl)CC2)sc(C)c1-c1ccccc1. The summed E-state index contributed by atoms with van der Waals surface area (Å²) in [6.45, 7) is 5.88. The Kier molecular flexibility index (Phi) is 8.11. The second-order valence-electron chi connectivity index (χ2n) is 7.99. The Hall–Kier alpha value is -2.16. The quantitative estimate of drug-likeness (QED) is 0.305. The molecule has 0 bridgehead atoms. The van der Waals surface area contributed by atoms with Gasteiger partial charge in [0.2, 0.25) is 0 Å². The van der Waals surface area contributed by atoms with Gasteiger partial charge in [0, 0.05) is 58.8 Å². The van der Waals surface area contributed by atoms with Gasteiger partial charge in [-0.3, -0.25) is 4.90 Å². The Labute approximate surface area is 219 Å². The van der Waals surface area contributed by atoms with Crippen molar-refractivity contribution in [2.45, 2.75) is 13.5 Å². The van der Waals surface area contributed by atoms with E-state index in [0.717, 1.165) is 47.7 Å². The number of halogens is 2. The lowest BCUT2D eigenvalue weighted by Gasteiger charge is -2.36. The minimum Gasteiger partial charge on any atom is -0.465 e. The second kappa shape index (κ2) is 11.1. The number of hydrogen-bond donors (Lipinski definition) is 1. The van der Waals surface area contributed by atoms with Crippen LogP contribution in [0.15, 0.2) is 48.5 Å². The van der Waals surface area contributed by atoms with E-state index in [1.54, 1.807) is 0 Å². The van der Waals surface area contributed by atoms with E-state index in [1.165, 1.54) is 18.4 Å². The van der Waals surface area contributed by atoms with Crippen molar-refractivity contribution < 1.29 is 9.53 Å². The van der Waals surface area contributed by atoms with E-state index in [4.69, 9.17) is 40.2 Å². The number of ether oxygens (including phenoxy) is 1. The third-order valence-corrected chi connectivity index (χ3v) is 7.95. The van der Waals surface area contributed by atoms with Gasteiger partial charge >= 0.3 is 5.97 Å². The third-order valence-electron chi connectivity index (χ3n) is 5.86. The van der Waals surface area contributed by atoms with Crippen LogP contribution in [0, 0.1) is 6.92 Å². The maximum absolute atomic E-state index is 12.7. The number of thiophene rings is 1. The first-order chi connectivity index (χ1) is 16.4. The van der Waals surface area contributed by atoms with Gasteiger partial charge in [0.1, 0.15) is 10.6 Å². The highest BCUT2D eigenvalue weighted by molar-refractivity contribution is 7.80. The van der Waals surface area contributed by atoms with Crippen molar-refractivity contribution in [3.8, 4) is 11.1 Å². The molecule has 0 saturated carbocycles. The summed E-state index contributed by atoms with van der Waals surface area (Å²) in [5, 5.41) is 6.00.